The number of ether oxygens (including phenoxy) is 1. The van der Waals surface area contributed by atoms with E-state index < -0.39 is 0 Å². The molecule has 4 saturated heterocycles. The average Bonchev–Trinajstić information content (AvgIpc) is 3.49. The van der Waals surface area contributed by atoms with E-state index in [0.29, 0.717) is 6.04 Å². The molecule has 0 unspecified atom stereocenters. The standard InChI is InChI=1S/C9H19N.C8H17N.C7H15NO.C7H15N.4C2H6/c1-9(2)10-7-5-3-4-6-8-10;1-8(2)9-6-4-3-5-7-9;1-7(2)8-3-5-9-6-4-8;1-7(2)8-5-3-4-6-8;4*1-2/h9H,3-8H2,1-2H3;8H,3-7H2,1-2H3;7H,3-6H2,1-2H3;7H,3-6H2,1-2H3;4*1-2H3. The van der Waals surface area contributed by atoms with Gasteiger partial charge in [0.15, 0.2) is 0 Å². The number of likely N-dealkylation sites (tertiary alicyclic amines) is 3. The minimum absolute atomic E-state index is 0.689. The predicted octanol–water partition coefficient (Wildman–Crippen LogP) is 10.5. The maximum Gasteiger partial charge on any atom is 0.0594 e. The van der Waals surface area contributed by atoms with Crippen molar-refractivity contribution >= 4 is 0 Å². The van der Waals surface area contributed by atoms with Gasteiger partial charge in [0, 0.05) is 37.3 Å². The van der Waals surface area contributed by atoms with E-state index in [0.717, 1.165) is 44.4 Å². The fourth-order valence-corrected chi connectivity index (χ4v) is 5.40. The lowest BCUT2D eigenvalue weighted by molar-refractivity contribution is 0.0238. The number of hydrogen-bond acceptors (Lipinski definition) is 5. The normalized spacial score (nSPS) is 19.4. The van der Waals surface area contributed by atoms with Gasteiger partial charge in [-0.15, -0.1) is 0 Å². The van der Waals surface area contributed by atoms with Crippen LogP contribution in [0.5, 0.6) is 0 Å². The maximum absolute atomic E-state index is 5.21. The SMILES string of the molecule is CC.CC.CC.CC.CC(C)N1CCCC1.CC(C)N1CCCCC1.CC(C)N1CCCCCC1.CC(C)N1CCOCC1. The van der Waals surface area contributed by atoms with E-state index in [2.05, 4.69) is 75.0 Å². The zero-order valence-corrected chi connectivity index (χ0v) is 33.9. The summed E-state index contributed by atoms with van der Waals surface area (Å²) in [4.78, 5) is 10.1. The molecule has 0 amide bonds. The first-order valence-corrected chi connectivity index (χ1v) is 19.8. The Balaban J connectivity index is -0.000000225. The zero-order chi connectivity index (χ0) is 34.8. The summed E-state index contributed by atoms with van der Waals surface area (Å²) in [6, 6.07) is 3.00. The van der Waals surface area contributed by atoms with Crippen LogP contribution in [-0.2, 0) is 4.74 Å². The molecule has 0 atom stereocenters. The Hall–Kier alpha value is -0.200. The van der Waals surface area contributed by atoms with E-state index in [1.165, 1.54) is 97.1 Å². The van der Waals surface area contributed by atoms with E-state index in [1.54, 1.807) is 0 Å². The molecule has 0 radical (unpaired) electrons. The van der Waals surface area contributed by atoms with Crippen molar-refractivity contribution in [1.82, 2.24) is 19.6 Å². The molecule has 4 aliphatic rings. The monoisotopic (exact) mass is 631 g/mol. The van der Waals surface area contributed by atoms with Crippen molar-refractivity contribution in [2.75, 3.05) is 65.6 Å². The van der Waals surface area contributed by atoms with Crippen molar-refractivity contribution < 1.29 is 4.74 Å². The molecule has 4 rings (SSSR count). The van der Waals surface area contributed by atoms with Gasteiger partial charge in [-0.3, -0.25) is 4.90 Å². The first-order valence-electron chi connectivity index (χ1n) is 19.8. The lowest BCUT2D eigenvalue weighted by Gasteiger charge is -2.29. The highest BCUT2D eigenvalue weighted by Gasteiger charge is 2.14. The molecular weight excluding hydrogens is 540 g/mol. The third-order valence-electron chi connectivity index (χ3n) is 8.14. The van der Waals surface area contributed by atoms with Crippen molar-refractivity contribution in [3.05, 3.63) is 0 Å². The summed E-state index contributed by atoms with van der Waals surface area (Å²) in [5, 5.41) is 0. The third kappa shape index (κ3) is 30.5. The largest absolute Gasteiger partial charge is 0.379 e. The van der Waals surface area contributed by atoms with Crippen LogP contribution in [0.15, 0.2) is 0 Å². The van der Waals surface area contributed by atoms with Crippen LogP contribution in [0, 0.1) is 0 Å². The molecule has 0 N–H and O–H groups in total. The molecule has 5 heteroatoms. The van der Waals surface area contributed by atoms with Crippen LogP contribution >= 0.6 is 0 Å². The molecule has 0 aromatic carbocycles. The summed E-state index contributed by atoms with van der Waals surface area (Å²) in [5.74, 6) is 0. The van der Waals surface area contributed by atoms with Crippen molar-refractivity contribution in [2.45, 2.75) is 193 Å². The van der Waals surface area contributed by atoms with E-state index >= 15 is 0 Å². The van der Waals surface area contributed by atoms with Crippen molar-refractivity contribution in [3.63, 3.8) is 0 Å². The third-order valence-corrected chi connectivity index (χ3v) is 8.14. The van der Waals surface area contributed by atoms with Gasteiger partial charge in [-0.05, 0) is 133 Å². The first kappa shape index (κ1) is 50.7. The van der Waals surface area contributed by atoms with Crippen LogP contribution in [0.4, 0.5) is 0 Å². The Morgan fingerprint density at radius 2 is 0.477 bits per heavy atom. The van der Waals surface area contributed by atoms with Gasteiger partial charge in [-0.1, -0.05) is 74.7 Å². The van der Waals surface area contributed by atoms with Crippen molar-refractivity contribution in [1.29, 1.82) is 0 Å². The van der Waals surface area contributed by atoms with E-state index in [1.807, 2.05) is 55.4 Å². The molecule has 44 heavy (non-hydrogen) atoms. The second-order valence-electron chi connectivity index (χ2n) is 12.3. The van der Waals surface area contributed by atoms with Crippen molar-refractivity contribution in [3.8, 4) is 0 Å². The Labute approximate surface area is 282 Å². The van der Waals surface area contributed by atoms with Gasteiger partial charge in [0.25, 0.3) is 0 Å². The number of nitrogens with zero attached hydrogens (tertiary/aromatic N) is 4. The molecule has 0 saturated carbocycles. The van der Waals surface area contributed by atoms with E-state index in [9.17, 15) is 0 Å². The predicted molar refractivity (Wildman–Crippen MR) is 205 cm³/mol. The first-order chi connectivity index (χ1) is 21.2. The van der Waals surface area contributed by atoms with Gasteiger partial charge in [-0.25, -0.2) is 0 Å². The zero-order valence-electron chi connectivity index (χ0n) is 33.9. The van der Waals surface area contributed by atoms with Gasteiger partial charge >= 0.3 is 0 Å². The van der Waals surface area contributed by atoms with Crippen LogP contribution in [-0.4, -0.2) is 109 Å². The number of piperidine rings is 1. The second-order valence-corrected chi connectivity index (χ2v) is 12.3. The summed E-state index contributed by atoms with van der Waals surface area (Å²) >= 11 is 0. The van der Waals surface area contributed by atoms with Crippen LogP contribution in [0.2, 0.25) is 0 Å². The smallest absolute Gasteiger partial charge is 0.0594 e. The molecule has 0 aromatic heterocycles. The highest BCUT2D eigenvalue weighted by Crippen LogP contribution is 2.12. The minimum atomic E-state index is 0.689. The summed E-state index contributed by atoms with van der Waals surface area (Å²) in [6.07, 6.45) is 12.8. The summed E-state index contributed by atoms with van der Waals surface area (Å²) < 4.78 is 5.21. The maximum atomic E-state index is 5.21. The number of morpholine rings is 1. The van der Waals surface area contributed by atoms with Crippen LogP contribution in [0.1, 0.15) is 169 Å². The van der Waals surface area contributed by atoms with E-state index in [4.69, 9.17) is 4.74 Å². The molecule has 0 aromatic rings. The van der Waals surface area contributed by atoms with Gasteiger partial charge in [-0.2, -0.15) is 0 Å². The Morgan fingerprint density at radius 1 is 0.295 bits per heavy atom. The molecule has 0 bridgehead atoms. The molecule has 0 spiro atoms. The lowest BCUT2D eigenvalue weighted by Crippen LogP contribution is -2.40. The van der Waals surface area contributed by atoms with Gasteiger partial charge < -0.3 is 19.4 Å². The molecule has 272 valence electrons. The lowest BCUT2D eigenvalue weighted by atomic mass is 10.1. The van der Waals surface area contributed by atoms with Crippen molar-refractivity contribution in [2.24, 2.45) is 0 Å². The topological polar surface area (TPSA) is 22.2 Å². The fourth-order valence-electron chi connectivity index (χ4n) is 5.40. The molecule has 4 heterocycles. The van der Waals surface area contributed by atoms with E-state index in [-0.39, 0.29) is 0 Å². The Bertz CT molecular complexity index is 451. The Morgan fingerprint density at radius 3 is 0.682 bits per heavy atom. The number of hydrogen-bond donors (Lipinski definition) is 0. The highest BCUT2D eigenvalue weighted by atomic mass is 16.5. The molecule has 5 nitrogen and oxygen atoms in total. The minimum Gasteiger partial charge on any atom is -0.379 e. The van der Waals surface area contributed by atoms with Gasteiger partial charge in [0.2, 0.25) is 0 Å². The highest BCUT2D eigenvalue weighted by molar-refractivity contribution is 4.69. The summed E-state index contributed by atoms with van der Waals surface area (Å²) in [5.41, 5.74) is 0. The molecular formula is C39H90N4O. The fraction of sp³-hybridized carbons (Fsp3) is 1.00. The second kappa shape index (κ2) is 39.0. The Kier molecular flexibility index (Phi) is 44.9. The quantitative estimate of drug-likeness (QED) is 0.307. The summed E-state index contributed by atoms with van der Waals surface area (Å²) in [6.45, 7) is 46.2. The summed E-state index contributed by atoms with van der Waals surface area (Å²) in [7, 11) is 0. The van der Waals surface area contributed by atoms with Gasteiger partial charge in [0.1, 0.15) is 0 Å². The molecule has 4 fully saturated rings. The van der Waals surface area contributed by atoms with Gasteiger partial charge in [0.05, 0.1) is 13.2 Å². The van der Waals surface area contributed by atoms with Crippen LogP contribution < -0.4 is 0 Å². The molecule has 4 aliphatic heterocycles. The van der Waals surface area contributed by atoms with Crippen LogP contribution in [0.25, 0.3) is 0 Å². The molecule has 0 aliphatic carbocycles. The number of rotatable bonds is 4. The van der Waals surface area contributed by atoms with Crippen LogP contribution in [0.3, 0.4) is 0 Å². The average molecular weight is 631 g/mol.